The van der Waals surface area contributed by atoms with Gasteiger partial charge in [-0.3, -0.25) is 0 Å². The predicted molar refractivity (Wildman–Crippen MR) is 67.7 cm³/mol. The Balaban J connectivity index is 2.11. The lowest BCUT2D eigenvalue weighted by Gasteiger charge is -2.17. The number of hydrogen-bond acceptors (Lipinski definition) is 4. The highest BCUT2D eigenvalue weighted by Gasteiger charge is 1.99. The van der Waals surface area contributed by atoms with E-state index < -0.39 is 0 Å². The van der Waals surface area contributed by atoms with Gasteiger partial charge < -0.3 is 10.2 Å². The van der Waals surface area contributed by atoms with E-state index in [2.05, 4.69) is 34.4 Å². The van der Waals surface area contributed by atoms with Crippen molar-refractivity contribution in [1.82, 2.24) is 9.88 Å². The zero-order valence-corrected chi connectivity index (χ0v) is 10.7. The predicted octanol–water partition coefficient (Wildman–Crippen LogP) is 2.60. The van der Waals surface area contributed by atoms with E-state index in [0.29, 0.717) is 0 Å². The first kappa shape index (κ1) is 12.5. The van der Waals surface area contributed by atoms with Gasteiger partial charge in [0.25, 0.3) is 0 Å². The molecule has 0 bridgehead atoms. The molecule has 0 aliphatic rings. The van der Waals surface area contributed by atoms with Crippen LogP contribution in [0.3, 0.4) is 0 Å². The third-order valence-corrected chi connectivity index (χ3v) is 3.36. The second-order valence-electron chi connectivity index (χ2n) is 3.60. The molecule has 0 fully saturated rings. The summed E-state index contributed by atoms with van der Waals surface area (Å²) in [5.74, 6) is 0. The molecule has 0 saturated heterocycles. The van der Waals surface area contributed by atoms with Crippen molar-refractivity contribution in [2.45, 2.75) is 27.2 Å². The Morgan fingerprint density at radius 3 is 2.67 bits per heavy atom. The van der Waals surface area contributed by atoms with E-state index in [1.54, 1.807) is 11.3 Å². The lowest BCUT2D eigenvalue weighted by Crippen LogP contribution is -2.25. The van der Waals surface area contributed by atoms with Crippen molar-refractivity contribution >= 4 is 16.5 Å². The summed E-state index contributed by atoms with van der Waals surface area (Å²) in [6, 6.07) is 0. The molecule has 1 N–H and O–H groups in total. The normalized spacial score (nSPS) is 10.9. The van der Waals surface area contributed by atoms with E-state index in [9.17, 15) is 0 Å². The molecule has 4 heteroatoms. The summed E-state index contributed by atoms with van der Waals surface area (Å²) in [6.07, 6.45) is 1.18. The number of nitrogens with one attached hydrogen (secondary N) is 1. The SMILES string of the molecule is CCN(CC)CCCNc1nc(C)cs1. The Kier molecular flexibility index (Phi) is 5.65. The van der Waals surface area contributed by atoms with Crippen LogP contribution in [0.25, 0.3) is 0 Å². The molecular formula is C11H21N3S. The lowest BCUT2D eigenvalue weighted by atomic mass is 10.3. The Bertz CT molecular complexity index is 269. The first-order valence-corrected chi connectivity index (χ1v) is 6.52. The van der Waals surface area contributed by atoms with Gasteiger partial charge in [0.2, 0.25) is 0 Å². The quantitative estimate of drug-likeness (QED) is 0.726. The van der Waals surface area contributed by atoms with Crippen LogP contribution < -0.4 is 5.32 Å². The Hall–Kier alpha value is -0.610. The van der Waals surface area contributed by atoms with Crippen molar-refractivity contribution in [3.63, 3.8) is 0 Å². The van der Waals surface area contributed by atoms with Gasteiger partial charge in [0, 0.05) is 11.9 Å². The fraction of sp³-hybridized carbons (Fsp3) is 0.727. The number of thiazole rings is 1. The Morgan fingerprint density at radius 1 is 1.40 bits per heavy atom. The zero-order chi connectivity index (χ0) is 11.1. The van der Waals surface area contributed by atoms with Crippen LogP contribution in [0.1, 0.15) is 26.0 Å². The fourth-order valence-corrected chi connectivity index (χ4v) is 2.19. The van der Waals surface area contributed by atoms with E-state index >= 15 is 0 Å². The molecule has 15 heavy (non-hydrogen) atoms. The molecule has 0 aromatic carbocycles. The van der Waals surface area contributed by atoms with Crippen molar-refractivity contribution < 1.29 is 0 Å². The van der Waals surface area contributed by atoms with E-state index in [-0.39, 0.29) is 0 Å². The van der Waals surface area contributed by atoms with Gasteiger partial charge in [0.1, 0.15) is 0 Å². The molecule has 86 valence electrons. The van der Waals surface area contributed by atoms with Gasteiger partial charge in [0.05, 0.1) is 5.69 Å². The van der Waals surface area contributed by atoms with Gasteiger partial charge in [-0.2, -0.15) is 0 Å². The number of aryl methyl sites for hydroxylation is 1. The highest BCUT2D eigenvalue weighted by Crippen LogP contribution is 2.13. The van der Waals surface area contributed by atoms with Crippen LogP contribution >= 0.6 is 11.3 Å². The molecule has 1 aromatic rings. The fourth-order valence-electron chi connectivity index (χ4n) is 1.47. The Morgan fingerprint density at radius 2 is 2.13 bits per heavy atom. The van der Waals surface area contributed by atoms with Crippen molar-refractivity contribution in [2.24, 2.45) is 0 Å². The largest absolute Gasteiger partial charge is 0.361 e. The van der Waals surface area contributed by atoms with Crippen molar-refractivity contribution in [1.29, 1.82) is 0 Å². The molecule has 0 atom stereocenters. The van der Waals surface area contributed by atoms with Gasteiger partial charge in [-0.05, 0) is 33.0 Å². The smallest absolute Gasteiger partial charge is 0.182 e. The van der Waals surface area contributed by atoms with Crippen LogP contribution in [0.4, 0.5) is 5.13 Å². The molecule has 0 spiro atoms. The summed E-state index contributed by atoms with van der Waals surface area (Å²) in [5.41, 5.74) is 1.10. The number of aromatic nitrogens is 1. The summed E-state index contributed by atoms with van der Waals surface area (Å²) in [5, 5.41) is 6.47. The molecule has 0 radical (unpaired) electrons. The average Bonchev–Trinajstić information content (AvgIpc) is 2.65. The molecule has 0 saturated carbocycles. The van der Waals surface area contributed by atoms with E-state index in [1.807, 2.05) is 6.92 Å². The molecule has 0 amide bonds. The van der Waals surface area contributed by atoms with E-state index in [4.69, 9.17) is 0 Å². The van der Waals surface area contributed by atoms with Crippen LogP contribution in [0, 0.1) is 6.92 Å². The maximum atomic E-state index is 4.36. The molecule has 0 aliphatic heterocycles. The summed E-state index contributed by atoms with van der Waals surface area (Å²) >= 11 is 1.68. The summed E-state index contributed by atoms with van der Waals surface area (Å²) < 4.78 is 0. The third-order valence-electron chi connectivity index (χ3n) is 2.44. The minimum Gasteiger partial charge on any atom is -0.361 e. The minimum atomic E-state index is 1.02. The first-order valence-electron chi connectivity index (χ1n) is 5.64. The van der Waals surface area contributed by atoms with Crippen LogP contribution in [-0.2, 0) is 0 Å². The number of rotatable bonds is 7. The monoisotopic (exact) mass is 227 g/mol. The highest BCUT2D eigenvalue weighted by molar-refractivity contribution is 7.13. The molecule has 1 heterocycles. The van der Waals surface area contributed by atoms with Gasteiger partial charge >= 0.3 is 0 Å². The maximum absolute atomic E-state index is 4.36. The minimum absolute atomic E-state index is 1.02. The number of nitrogens with zero attached hydrogens (tertiary/aromatic N) is 2. The van der Waals surface area contributed by atoms with Crippen molar-refractivity contribution in [2.75, 3.05) is 31.5 Å². The molecule has 1 rings (SSSR count). The van der Waals surface area contributed by atoms with Crippen LogP contribution in [0.2, 0.25) is 0 Å². The van der Waals surface area contributed by atoms with Crippen LogP contribution in [0.15, 0.2) is 5.38 Å². The first-order chi connectivity index (χ1) is 7.26. The molecule has 1 aromatic heterocycles. The maximum Gasteiger partial charge on any atom is 0.182 e. The second-order valence-corrected chi connectivity index (χ2v) is 4.46. The van der Waals surface area contributed by atoms with Crippen LogP contribution in [-0.4, -0.2) is 36.1 Å². The van der Waals surface area contributed by atoms with Gasteiger partial charge in [-0.1, -0.05) is 13.8 Å². The molecule has 3 nitrogen and oxygen atoms in total. The van der Waals surface area contributed by atoms with E-state index in [1.165, 1.54) is 13.0 Å². The molecule has 0 unspecified atom stereocenters. The van der Waals surface area contributed by atoms with Gasteiger partial charge in [0.15, 0.2) is 5.13 Å². The second kappa shape index (κ2) is 6.80. The standard InChI is InChI=1S/C11H21N3S/c1-4-14(5-2)8-6-7-12-11-13-10(3)9-15-11/h9H,4-8H2,1-3H3,(H,12,13). The van der Waals surface area contributed by atoms with Crippen molar-refractivity contribution in [3.8, 4) is 0 Å². The number of hydrogen-bond donors (Lipinski definition) is 1. The lowest BCUT2D eigenvalue weighted by molar-refractivity contribution is 0.303. The summed E-state index contributed by atoms with van der Waals surface area (Å²) in [7, 11) is 0. The third kappa shape index (κ3) is 4.62. The summed E-state index contributed by atoms with van der Waals surface area (Å²) in [4.78, 5) is 6.80. The zero-order valence-electron chi connectivity index (χ0n) is 9.92. The molecular weight excluding hydrogens is 206 g/mol. The number of anilines is 1. The van der Waals surface area contributed by atoms with Gasteiger partial charge in [-0.15, -0.1) is 11.3 Å². The highest BCUT2D eigenvalue weighted by atomic mass is 32.1. The van der Waals surface area contributed by atoms with Crippen LogP contribution in [0.5, 0.6) is 0 Å². The molecule has 0 aliphatic carbocycles. The van der Waals surface area contributed by atoms with E-state index in [0.717, 1.165) is 30.5 Å². The Labute approximate surface area is 96.5 Å². The average molecular weight is 227 g/mol. The topological polar surface area (TPSA) is 28.2 Å². The van der Waals surface area contributed by atoms with Gasteiger partial charge in [-0.25, -0.2) is 4.98 Å². The summed E-state index contributed by atoms with van der Waals surface area (Å²) in [6.45, 7) is 10.9. The van der Waals surface area contributed by atoms with Crippen molar-refractivity contribution in [3.05, 3.63) is 11.1 Å².